The van der Waals surface area contributed by atoms with E-state index in [1.807, 2.05) is 12.5 Å². The third-order valence-corrected chi connectivity index (χ3v) is 4.50. The number of hydrogen-bond donors (Lipinski definition) is 1. The van der Waals surface area contributed by atoms with Crippen LogP contribution in [0.1, 0.15) is 25.7 Å². The molecule has 0 aromatic carbocycles. The molecule has 0 atom stereocenters. The van der Waals surface area contributed by atoms with Crippen LogP contribution in [0.25, 0.3) is 0 Å². The SMILES string of the molecule is COC1(CNc2nc(Br)cs2)CCCC1. The number of ether oxygens (including phenoxy) is 1. The Morgan fingerprint density at radius 3 is 2.87 bits per heavy atom. The first-order valence-corrected chi connectivity index (χ1v) is 6.81. The van der Waals surface area contributed by atoms with Crippen molar-refractivity contribution in [3.63, 3.8) is 0 Å². The Kier molecular flexibility index (Phi) is 3.64. The van der Waals surface area contributed by atoms with Crippen LogP contribution in [0.5, 0.6) is 0 Å². The third kappa shape index (κ3) is 2.71. The van der Waals surface area contributed by atoms with Crippen LogP contribution >= 0.6 is 27.3 Å². The highest BCUT2D eigenvalue weighted by Crippen LogP contribution is 2.33. The van der Waals surface area contributed by atoms with Crippen LogP contribution in [0.15, 0.2) is 9.98 Å². The van der Waals surface area contributed by atoms with E-state index < -0.39 is 0 Å². The first-order chi connectivity index (χ1) is 7.24. The fourth-order valence-corrected chi connectivity index (χ4v) is 3.19. The van der Waals surface area contributed by atoms with Gasteiger partial charge in [-0.1, -0.05) is 12.8 Å². The Hall–Kier alpha value is -0.130. The van der Waals surface area contributed by atoms with Crippen LogP contribution in [0.3, 0.4) is 0 Å². The van der Waals surface area contributed by atoms with E-state index in [4.69, 9.17) is 4.74 Å². The van der Waals surface area contributed by atoms with Crippen molar-refractivity contribution in [2.45, 2.75) is 31.3 Å². The predicted molar refractivity (Wildman–Crippen MR) is 66.5 cm³/mol. The summed E-state index contributed by atoms with van der Waals surface area (Å²) >= 11 is 4.96. The molecule has 1 aliphatic rings. The van der Waals surface area contributed by atoms with E-state index in [-0.39, 0.29) is 5.60 Å². The van der Waals surface area contributed by atoms with Crippen molar-refractivity contribution in [1.29, 1.82) is 0 Å². The van der Waals surface area contributed by atoms with Gasteiger partial charge in [0.2, 0.25) is 0 Å². The molecule has 0 amide bonds. The van der Waals surface area contributed by atoms with Gasteiger partial charge in [-0.3, -0.25) is 0 Å². The monoisotopic (exact) mass is 290 g/mol. The zero-order valence-corrected chi connectivity index (χ0v) is 11.2. The Balaban J connectivity index is 1.91. The van der Waals surface area contributed by atoms with Gasteiger partial charge in [0.05, 0.1) is 5.60 Å². The number of nitrogens with zero attached hydrogens (tertiary/aromatic N) is 1. The third-order valence-electron chi connectivity index (χ3n) is 2.99. The minimum Gasteiger partial charge on any atom is -0.376 e. The maximum atomic E-state index is 5.63. The standard InChI is InChI=1S/C10H15BrN2OS/c1-14-10(4-2-3-5-10)7-12-9-13-8(11)6-15-9/h6H,2-5,7H2,1H3,(H,12,13). The molecule has 1 fully saturated rings. The van der Waals surface area contributed by atoms with Crippen LogP contribution in [0.2, 0.25) is 0 Å². The van der Waals surface area contributed by atoms with Crippen LogP contribution in [-0.2, 0) is 4.74 Å². The van der Waals surface area contributed by atoms with Crippen LogP contribution in [-0.4, -0.2) is 24.2 Å². The molecule has 1 aliphatic carbocycles. The van der Waals surface area contributed by atoms with E-state index >= 15 is 0 Å². The molecule has 1 saturated carbocycles. The fraction of sp³-hybridized carbons (Fsp3) is 0.700. The molecule has 15 heavy (non-hydrogen) atoms. The second kappa shape index (κ2) is 4.80. The quantitative estimate of drug-likeness (QED) is 0.924. The zero-order chi connectivity index (χ0) is 10.7. The number of methoxy groups -OCH3 is 1. The Bertz CT molecular complexity index is 323. The molecule has 5 heteroatoms. The lowest BCUT2D eigenvalue weighted by atomic mass is 10.0. The molecule has 1 N–H and O–H groups in total. The van der Waals surface area contributed by atoms with Gasteiger partial charge in [-0.25, -0.2) is 4.98 Å². The summed E-state index contributed by atoms with van der Waals surface area (Å²) < 4.78 is 6.53. The highest BCUT2D eigenvalue weighted by atomic mass is 79.9. The van der Waals surface area contributed by atoms with Crippen molar-refractivity contribution in [3.05, 3.63) is 9.98 Å². The molecule has 1 aromatic rings. The minimum atomic E-state index is 0.0398. The van der Waals surface area contributed by atoms with E-state index in [2.05, 4.69) is 26.2 Å². The second-order valence-corrected chi connectivity index (χ2v) is 5.59. The average Bonchev–Trinajstić information content (AvgIpc) is 2.85. The molecule has 0 aliphatic heterocycles. The van der Waals surface area contributed by atoms with Gasteiger partial charge in [0.15, 0.2) is 5.13 Å². The first kappa shape index (κ1) is 11.4. The summed E-state index contributed by atoms with van der Waals surface area (Å²) in [5, 5.41) is 6.30. The van der Waals surface area contributed by atoms with Gasteiger partial charge in [0, 0.05) is 19.0 Å². The number of halogens is 1. The van der Waals surface area contributed by atoms with Crippen molar-refractivity contribution in [1.82, 2.24) is 4.98 Å². The summed E-state index contributed by atoms with van der Waals surface area (Å²) in [6, 6.07) is 0. The molecule has 3 nitrogen and oxygen atoms in total. The molecule has 2 rings (SSSR count). The summed E-state index contributed by atoms with van der Waals surface area (Å²) in [6.07, 6.45) is 4.86. The normalized spacial score (nSPS) is 19.3. The summed E-state index contributed by atoms with van der Waals surface area (Å²) in [4.78, 5) is 4.31. The van der Waals surface area contributed by atoms with E-state index in [9.17, 15) is 0 Å². The summed E-state index contributed by atoms with van der Waals surface area (Å²) in [5.41, 5.74) is 0.0398. The van der Waals surface area contributed by atoms with E-state index in [1.54, 1.807) is 11.3 Å². The maximum Gasteiger partial charge on any atom is 0.183 e. The first-order valence-electron chi connectivity index (χ1n) is 5.14. The summed E-state index contributed by atoms with van der Waals surface area (Å²) in [6.45, 7) is 0.865. The number of aromatic nitrogens is 1. The summed E-state index contributed by atoms with van der Waals surface area (Å²) in [5.74, 6) is 0. The van der Waals surface area contributed by atoms with Crippen molar-refractivity contribution in [2.75, 3.05) is 19.0 Å². The largest absolute Gasteiger partial charge is 0.376 e. The van der Waals surface area contributed by atoms with E-state index in [0.29, 0.717) is 0 Å². The van der Waals surface area contributed by atoms with Crippen molar-refractivity contribution in [3.8, 4) is 0 Å². The zero-order valence-electron chi connectivity index (χ0n) is 8.75. The minimum absolute atomic E-state index is 0.0398. The second-order valence-electron chi connectivity index (χ2n) is 3.92. The molecule has 0 bridgehead atoms. The molecule has 0 spiro atoms. The lowest BCUT2D eigenvalue weighted by Crippen LogP contribution is -2.35. The number of nitrogens with one attached hydrogen (secondary N) is 1. The predicted octanol–water partition coefficient (Wildman–Crippen LogP) is 3.28. The molecule has 84 valence electrons. The van der Waals surface area contributed by atoms with E-state index in [1.165, 1.54) is 12.8 Å². The van der Waals surface area contributed by atoms with Crippen molar-refractivity contribution < 1.29 is 4.74 Å². The molecule has 1 aromatic heterocycles. The number of anilines is 1. The lowest BCUT2D eigenvalue weighted by molar-refractivity contribution is 0.00742. The van der Waals surface area contributed by atoms with E-state index in [0.717, 1.165) is 29.1 Å². The Morgan fingerprint density at radius 1 is 1.60 bits per heavy atom. The Morgan fingerprint density at radius 2 is 2.33 bits per heavy atom. The molecular formula is C10H15BrN2OS. The topological polar surface area (TPSA) is 34.1 Å². The molecule has 1 heterocycles. The lowest BCUT2D eigenvalue weighted by Gasteiger charge is -2.27. The van der Waals surface area contributed by atoms with Gasteiger partial charge in [-0.2, -0.15) is 0 Å². The Labute approximate surface area is 102 Å². The molecule has 0 saturated heterocycles. The highest BCUT2D eigenvalue weighted by Gasteiger charge is 2.33. The van der Waals surface area contributed by atoms with Crippen molar-refractivity contribution in [2.24, 2.45) is 0 Å². The van der Waals surface area contributed by atoms with Gasteiger partial charge in [-0.05, 0) is 28.8 Å². The van der Waals surface area contributed by atoms with Crippen LogP contribution in [0, 0.1) is 0 Å². The smallest absolute Gasteiger partial charge is 0.183 e. The van der Waals surface area contributed by atoms with Crippen molar-refractivity contribution >= 4 is 32.4 Å². The average molecular weight is 291 g/mol. The van der Waals surface area contributed by atoms with Gasteiger partial charge in [0.25, 0.3) is 0 Å². The van der Waals surface area contributed by atoms with Gasteiger partial charge in [-0.15, -0.1) is 11.3 Å². The van der Waals surface area contributed by atoms with Gasteiger partial charge in [0.1, 0.15) is 4.60 Å². The van der Waals surface area contributed by atoms with Crippen LogP contribution < -0.4 is 5.32 Å². The molecular weight excluding hydrogens is 276 g/mol. The molecule has 0 radical (unpaired) electrons. The van der Waals surface area contributed by atoms with Gasteiger partial charge < -0.3 is 10.1 Å². The summed E-state index contributed by atoms with van der Waals surface area (Å²) in [7, 11) is 1.81. The van der Waals surface area contributed by atoms with Crippen LogP contribution in [0.4, 0.5) is 5.13 Å². The highest BCUT2D eigenvalue weighted by molar-refractivity contribution is 9.10. The fourth-order valence-electron chi connectivity index (χ4n) is 2.04. The number of thiazole rings is 1. The number of hydrogen-bond acceptors (Lipinski definition) is 4. The van der Waals surface area contributed by atoms with Gasteiger partial charge >= 0.3 is 0 Å². The number of rotatable bonds is 4. The molecule has 0 unspecified atom stereocenters. The maximum absolute atomic E-state index is 5.63.